The van der Waals surface area contributed by atoms with Crippen molar-refractivity contribution in [2.45, 2.75) is 0 Å². The molecule has 0 fully saturated rings. The van der Waals surface area contributed by atoms with Crippen molar-refractivity contribution in [1.82, 2.24) is 9.13 Å². The van der Waals surface area contributed by atoms with E-state index >= 15 is 0 Å². The molecule has 9 aromatic carbocycles. The second kappa shape index (κ2) is 11.3. The van der Waals surface area contributed by atoms with E-state index in [4.69, 9.17) is 0 Å². The van der Waals surface area contributed by atoms with E-state index in [-0.39, 0.29) is 0 Å². The highest BCUT2D eigenvalue weighted by Gasteiger charge is 2.21. The SMILES string of the molecule is c1ccc(-c2ccc3c4c(ccc5c6ccccc6n(-c6ccc7ccccc7c6)c54)n(-c4ccc(-c5ccc6ccccc6c5)cc4)c3c2)cc1. The van der Waals surface area contributed by atoms with Gasteiger partial charge in [0.2, 0.25) is 0 Å². The van der Waals surface area contributed by atoms with Crippen LogP contribution in [0.25, 0.3) is 98.8 Å². The van der Waals surface area contributed by atoms with Gasteiger partial charge in [-0.05, 0) is 92.3 Å². The van der Waals surface area contributed by atoms with Crippen molar-refractivity contribution in [3.8, 4) is 33.6 Å². The van der Waals surface area contributed by atoms with Gasteiger partial charge in [0.05, 0.1) is 22.1 Å². The van der Waals surface area contributed by atoms with Gasteiger partial charge in [-0.1, -0.05) is 146 Å². The maximum Gasteiger partial charge on any atom is 0.0641 e. The van der Waals surface area contributed by atoms with Gasteiger partial charge in [-0.3, -0.25) is 0 Å². The molecule has 0 saturated heterocycles. The number of benzene rings is 9. The topological polar surface area (TPSA) is 9.86 Å². The molecule has 11 rings (SSSR count). The normalized spacial score (nSPS) is 11.8. The number of para-hydroxylation sites is 1. The lowest BCUT2D eigenvalue weighted by Gasteiger charge is -2.12. The van der Waals surface area contributed by atoms with Gasteiger partial charge >= 0.3 is 0 Å². The zero-order valence-electron chi connectivity index (χ0n) is 28.4. The molecule has 2 heterocycles. The Bertz CT molecular complexity index is 3160. The van der Waals surface area contributed by atoms with E-state index in [0.29, 0.717) is 0 Å². The molecule has 242 valence electrons. The van der Waals surface area contributed by atoms with Crippen LogP contribution >= 0.6 is 0 Å². The third-order valence-corrected chi connectivity index (χ3v) is 10.9. The standard InChI is InChI=1S/C50H32N2/c1-2-10-33(11-3-1)40-23-27-45-48(32-40)51(41-24-20-36(21-25-41)39-19-18-34-12-4-6-14-37(34)30-39)47-29-28-44-43-16-8-9-17-46(43)52(50(44)49(45)47)42-26-22-35-13-5-7-15-38(35)31-42/h1-32H. The maximum atomic E-state index is 2.48. The zero-order chi connectivity index (χ0) is 34.2. The third kappa shape index (κ3) is 4.38. The molecule has 2 aromatic heterocycles. The highest BCUT2D eigenvalue weighted by atomic mass is 15.0. The predicted octanol–water partition coefficient (Wildman–Crippen LogP) is 13.5. The Kier molecular flexibility index (Phi) is 6.28. The van der Waals surface area contributed by atoms with E-state index in [0.717, 1.165) is 5.69 Å². The van der Waals surface area contributed by atoms with Crippen molar-refractivity contribution < 1.29 is 0 Å². The summed E-state index contributed by atoms with van der Waals surface area (Å²) < 4.78 is 4.94. The molecular formula is C50H32N2. The first kappa shape index (κ1) is 28.9. The summed E-state index contributed by atoms with van der Waals surface area (Å²) in [6.45, 7) is 0. The van der Waals surface area contributed by atoms with Crippen molar-refractivity contribution in [3.63, 3.8) is 0 Å². The Hall–Kier alpha value is -6.90. The Morgan fingerprint density at radius 3 is 1.65 bits per heavy atom. The number of aromatic nitrogens is 2. The molecule has 0 aliphatic heterocycles. The fourth-order valence-corrected chi connectivity index (χ4v) is 8.40. The smallest absolute Gasteiger partial charge is 0.0641 e. The first-order chi connectivity index (χ1) is 25.8. The van der Waals surface area contributed by atoms with Crippen LogP contribution in [0.5, 0.6) is 0 Å². The van der Waals surface area contributed by atoms with Crippen molar-refractivity contribution in [2.24, 2.45) is 0 Å². The molecular weight excluding hydrogens is 629 g/mol. The van der Waals surface area contributed by atoms with Crippen LogP contribution < -0.4 is 0 Å². The van der Waals surface area contributed by atoms with E-state index in [1.807, 2.05) is 0 Å². The maximum absolute atomic E-state index is 2.48. The summed E-state index contributed by atoms with van der Waals surface area (Å²) in [4.78, 5) is 0. The molecule has 0 N–H and O–H groups in total. The molecule has 0 amide bonds. The molecule has 2 nitrogen and oxygen atoms in total. The summed E-state index contributed by atoms with van der Waals surface area (Å²) in [5, 5.41) is 10.0. The van der Waals surface area contributed by atoms with Crippen LogP contribution in [-0.4, -0.2) is 9.13 Å². The molecule has 0 atom stereocenters. The number of fused-ring (bicyclic) bond motifs is 9. The predicted molar refractivity (Wildman–Crippen MR) is 221 cm³/mol. The third-order valence-electron chi connectivity index (χ3n) is 10.9. The van der Waals surface area contributed by atoms with Gasteiger partial charge in [0.15, 0.2) is 0 Å². The average molecular weight is 661 g/mol. The number of hydrogen-bond acceptors (Lipinski definition) is 0. The molecule has 11 aromatic rings. The zero-order valence-corrected chi connectivity index (χ0v) is 28.4. The van der Waals surface area contributed by atoms with E-state index < -0.39 is 0 Å². The molecule has 0 aliphatic carbocycles. The van der Waals surface area contributed by atoms with Crippen molar-refractivity contribution in [3.05, 3.63) is 194 Å². The van der Waals surface area contributed by atoms with Crippen molar-refractivity contribution in [1.29, 1.82) is 0 Å². The van der Waals surface area contributed by atoms with Crippen LogP contribution in [0.3, 0.4) is 0 Å². The first-order valence-electron chi connectivity index (χ1n) is 17.9. The Balaban J connectivity index is 1.21. The molecule has 0 radical (unpaired) electrons. The molecule has 0 saturated carbocycles. The second-order valence-electron chi connectivity index (χ2n) is 13.8. The van der Waals surface area contributed by atoms with E-state index in [1.165, 1.54) is 93.1 Å². The van der Waals surface area contributed by atoms with Gasteiger partial charge in [0, 0.05) is 32.9 Å². The quantitative estimate of drug-likeness (QED) is 0.178. The number of nitrogens with zero attached hydrogens (tertiary/aromatic N) is 2. The van der Waals surface area contributed by atoms with Gasteiger partial charge in [0.1, 0.15) is 0 Å². The summed E-state index contributed by atoms with van der Waals surface area (Å²) in [6, 6.07) is 71.1. The summed E-state index contributed by atoms with van der Waals surface area (Å²) in [7, 11) is 0. The van der Waals surface area contributed by atoms with Crippen LogP contribution in [0.1, 0.15) is 0 Å². The lowest BCUT2D eigenvalue weighted by molar-refractivity contribution is 1.18. The van der Waals surface area contributed by atoms with Gasteiger partial charge in [-0.25, -0.2) is 0 Å². The van der Waals surface area contributed by atoms with Gasteiger partial charge in [-0.2, -0.15) is 0 Å². The fourth-order valence-electron chi connectivity index (χ4n) is 8.40. The van der Waals surface area contributed by atoms with Crippen LogP contribution in [0.15, 0.2) is 194 Å². The summed E-state index contributed by atoms with van der Waals surface area (Å²) >= 11 is 0. The lowest BCUT2D eigenvalue weighted by atomic mass is 10.0. The summed E-state index contributed by atoms with van der Waals surface area (Å²) in [6.07, 6.45) is 0. The minimum atomic E-state index is 1.14. The second-order valence-corrected chi connectivity index (χ2v) is 13.8. The highest BCUT2D eigenvalue weighted by molar-refractivity contribution is 6.26. The first-order valence-corrected chi connectivity index (χ1v) is 17.9. The minimum absolute atomic E-state index is 1.14. The molecule has 0 spiro atoms. The summed E-state index contributed by atoms with van der Waals surface area (Å²) in [5.41, 5.74) is 12.0. The average Bonchev–Trinajstić information content (AvgIpc) is 3.73. The molecule has 0 bridgehead atoms. The van der Waals surface area contributed by atoms with Crippen LogP contribution in [0, 0.1) is 0 Å². The summed E-state index contributed by atoms with van der Waals surface area (Å²) in [5.74, 6) is 0. The fraction of sp³-hybridized carbons (Fsp3) is 0. The Morgan fingerprint density at radius 1 is 0.269 bits per heavy atom. The van der Waals surface area contributed by atoms with Gasteiger partial charge in [-0.15, -0.1) is 0 Å². The Labute approximate surface area is 301 Å². The largest absolute Gasteiger partial charge is 0.309 e. The van der Waals surface area contributed by atoms with Crippen LogP contribution in [-0.2, 0) is 0 Å². The molecule has 0 unspecified atom stereocenters. The Morgan fingerprint density at radius 2 is 0.846 bits per heavy atom. The van der Waals surface area contributed by atoms with Crippen LogP contribution in [0.4, 0.5) is 0 Å². The number of rotatable bonds is 4. The van der Waals surface area contributed by atoms with E-state index in [2.05, 4.69) is 203 Å². The van der Waals surface area contributed by atoms with E-state index in [9.17, 15) is 0 Å². The molecule has 52 heavy (non-hydrogen) atoms. The lowest BCUT2D eigenvalue weighted by Crippen LogP contribution is -1.96. The van der Waals surface area contributed by atoms with Crippen molar-refractivity contribution >= 4 is 65.2 Å². The van der Waals surface area contributed by atoms with E-state index in [1.54, 1.807) is 0 Å². The highest BCUT2D eigenvalue weighted by Crippen LogP contribution is 2.43. The monoisotopic (exact) mass is 660 g/mol. The molecule has 0 aliphatic rings. The van der Waals surface area contributed by atoms with Crippen molar-refractivity contribution in [2.75, 3.05) is 0 Å². The molecule has 2 heteroatoms. The van der Waals surface area contributed by atoms with Crippen LogP contribution in [0.2, 0.25) is 0 Å². The van der Waals surface area contributed by atoms with Gasteiger partial charge < -0.3 is 9.13 Å². The number of hydrogen-bond donors (Lipinski definition) is 0. The minimum Gasteiger partial charge on any atom is -0.309 e. The van der Waals surface area contributed by atoms with Gasteiger partial charge in [0.25, 0.3) is 0 Å².